The van der Waals surface area contributed by atoms with Gasteiger partial charge in [0.25, 0.3) is 0 Å². The Labute approximate surface area is 108 Å². The lowest BCUT2D eigenvalue weighted by Crippen LogP contribution is -2.06. The average molecular weight is 272 g/mol. The molecule has 0 aliphatic carbocycles. The molecule has 18 heavy (non-hydrogen) atoms. The fourth-order valence-electron chi connectivity index (χ4n) is 1.80. The molecule has 0 aliphatic rings. The highest BCUT2D eigenvalue weighted by Gasteiger charge is 2.12. The molecule has 1 aromatic heterocycles. The SMILES string of the molecule is CCn1c(CCl)nnc1Cc1ccc(F)cc1F. The second kappa shape index (κ2) is 5.44. The first-order chi connectivity index (χ1) is 8.65. The maximum Gasteiger partial charge on any atom is 0.147 e. The molecule has 6 heteroatoms. The Kier molecular flexibility index (Phi) is 3.91. The summed E-state index contributed by atoms with van der Waals surface area (Å²) in [5.41, 5.74) is 0.389. The molecule has 0 aliphatic heterocycles. The fourth-order valence-corrected chi connectivity index (χ4v) is 2.00. The van der Waals surface area contributed by atoms with Crippen molar-refractivity contribution in [1.82, 2.24) is 14.8 Å². The van der Waals surface area contributed by atoms with Crippen LogP contribution >= 0.6 is 11.6 Å². The standard InChI is InChI=1S/C12H12ClF2N3/c1-2-18-11(16-17-12(18)7-13)5-8-3-4-9(14)6-10(8)15/h3-4,6H,2,5,7H2,1H3. The number of rotatable bonds is 4. The molecule has 0 fully saturated rings. The summed E-state index contributed by atoms with van der Waals surface area (Å²) in [6.07, 6.45) is 0.268. The molecule has 0 atom stereocenters. The molecule has 2 rings (SSSR count). The zero-order valence-corrected chi connectivity index (χ0v) is 10.6. The summed E-state index contributed by atoms with van der Waals surface area (Å²) >= 11 is 5.73. The predicted molar refractivity (Wildman–Crippen MR) is 64.4 cm³/mol. The van der Waals surface area contributed by atoms with Crippen LogP contribution in [0.3, 0.4) is 0 Å². The minimum atomic E-state index is -0.588. The largest absolute Gasteiger partial charge is 0.314 e. The van der Waals surface area contributed by atoms with Gasteiger partial charge < -0.3 is 4.57 Å². The molecule has 1 aromatic carbocycles. The quantitative estimate of drug-likeness (QED) is 0.801. The molecule has 96 valence electrons. The van der Waals surface area contributed by atoms with Gasteiger partial charge in [-0.2, -0.15) is 0 Å². The summed E-state index contributed by atoms with van der Waals surface area (Å²) < 4.78 is 28.2. The van der Waals surface area contributed by atoms with Crippen molar-refractivity contribution in [1.29, 1.82) is 0 Å². The summed E-state index contributed by atoms with van der Waals surface area (Å²) in [5.74, 6) is 0.366. The first-order valence-corrected chi connectivity index (χ1v) is 6.10. The minimum Gasteiger partial charge on any atom is -0.314 e. The summed E-state index contributed by atoms with van der Waals surface area (Å²) in [4.78, 5) is 0. The highest BCUT2D eigenvalue weighted by Crippen LogP contribution is 2.15. The molecule has 0 N–H and O–H groups in total. The fraction of sp³-hybridized carbons (Fsp3) is 0.333. The maximum absolute atomic E-state index is 13.5. The molecule has 1 heterocycles. The van der Waals surface area contributed by atoms with Crippen LogP contribution in [0.5, 0.6) is 0 Å². The third kappa shape index (κ3) is 2.51. The molecule has 0 saturated carbocycles. The molecule has 3 nitrogen and oxygen atoms in total. The molecular weight excluding hydrogens is 260 g/mol. The molecule has 0 unspecified atom stereocenters. The van der Waals surface area contributed by atoms with Gasteiger partial charge in [0.05, 0.1) is 5.88 Å². The third-order valence-electron chi connectivity index (χ3n) is 2.70. The van der Waals surface area contributed by atoms with Gasteiger partial charge in [0.15, 0.2) is 0 Å². The lowest BCUT2D eigenvalue weighted by atomic mass is 10.1. The lowest BCUT2D eigenvalue weighted by Gasteiger charge is -2.06. The van der Waals surface area contributed by atoms with Crippen LogP contribution in [0.15, 0.2) is 18.2 Å². The molecule has 2 aromatic rings. The zero-order chi connectivity index (χ0) is 13.1. The second-order valence-corrected chi connectivity index (χ2v) is 4.09. The topological polar surface area (TPSA) is 30.7 Å². The van der Waals surface area contributed by atoms with Gasteiger partial charge >= 0.3 is 0 Å². The Hall–Kier alpha value is -1.49. The van der Waals surface area contributed by atoms with Crippen LogP contribution in [-0.4, -0.2) is 14.8 Å². The van der Waals surface area contributed by atoms with Gasteiger partial charge in [0.1, 0.15) is 23.3 Å². The van der Waals surface area contributed by atoms with E-state index in [0.717, 1.165) is 6.07 Å². The van der Waals surface area contributed by atoms with E-state index in [1.165, 1.54) is 12.1 Å². The van der Waals surface area contributed by atoms with Crippen molar-refractivity contribution in [2.75, 3.05) is 0 Å². The summed E-state index contributed by atoms with van der Waals surface area (Å²) in [6.45, 7) is 2.59. The molecular formula is C12H12ClF2N3. The van der Waals surface area contributed by atoms with E-state index >= 15 is 0 Å². The Morgan fingerprint density at radius 1 is 1.22 bits per heavy atom. The van der Waals surface area contributed by atoms with E-state index in [-0.39, 0.29) is 12.3 Å². The van der Waals surface area contributed by atoms with Gasteiger partial charge in [-0.1, -0.05) is 6.07 Å². The van der Waals surface area contributed by atoms with Gasteiger partial charge in [-0.05, 0) is 18.6 Å². The second-order valence-electron chi connectivity index (χ2n) is 3.82. The monoisotopic (exact) mass is 271 g/mol. The van der Waals surface area contributed by atoms with E-state index in [1.807, 2.05) is 11.5 Å². The van der Waals surface area contributed by atoms with Crippen LogP contribution in [0.2, 0.25) is 0 Å². The molecule has 0 saturated heterocycles. The highest BCUT2D eigenvalue weighted by atomic mass is 35.5. The van der Waals surface area contributed by atoms with Crippen molar-refractivity contribution in [3.8, 4) is 0 Å². The van der Waals surface area contributed by atoms with E-state index in [1.54, 1.807) is 0 Å². The zero-order valence-electron chi connectivity index (χ0n) is 9.83. The molecule has 0 bridgehead atoms. The summed E-state index contributed by atoms with van der Waals surface area (Å²) in [7, 11) is 0. The van der Waals surface area contributed by atoms with E-state index < -0.39 is 11.6 Å². The Bertz CT molecular complexity index is 554. The number of hydrogen-bond donors (Lipinski definition) is 0. The van der Waals surface area contributed by atoms with Gasteiger partial charge in [-0.25, -0.2) is 8.78 Å². The van der Waals surface area contributed by atoms with Gasteiger partial charge in [0.2, 0.25) is 0 Å². The summed E-state index contributed by atoms with van der Waals surface area (Å²) in [6, 6.07) is 3.51. The van der Waals surface area contributed by atoms with Crippen molar-refractivity contribution >= 4 is 11.6 Å². The third-order valence-corrected chi connectivity index (χ3v) is 2.94. The van der Waals surface area contributed by atoms with Crippen molar-refractivity contribution in [3.63, 3.8) is 0 Å². The normalized spacial score (nSPS) is 10.9. The van der Waals surface area contributed by atoms with Crippen LogP contribution in [0.4, 0.5) is 8.78 Å². The Morgan fingerprint density at radius 2 is 1.94 bits per heavy atom. The number of halogens is 3. The number of nitrogens with zero attached hydrogens (tertiary/aromatic N) is 3. The Morgan fingerprint density at radius 3 is 2.56 bits per heavy atom. The highest BCUT2D eigenvalue weighted by molar-refractivity contribution is 6.16. The maximum atomic E-state index is 13.5. The van der Waals surface area contributed by atoms with Crippen LogP contribution in [-0.2, 0) is 18.8 Å². The molecule has 0 radical (unpaired) electrons. The van der Waals surface area contributed by atoms with Crippen molar-refractivity contribution in [2.45, 2.75) is 25.8 Å². The summed E-state index contributed by atoms with van der Waals surface area (Å²) in [5, 5.41) is 7.92. The Balaban J connectivity index is 2.31. The number of alkyl halides is 1. The van der Waals surface area contributed by atoms with E-state index in [0.29, 0.717) is 23.8 Å². The van der Waals surface area contributed by atoms with Crippen LogP contribution in [0, 0.1) is 11.6 Å². The van der Waals surface area contributed by atoms with Crippen molar-refractivity contribution in [2.24, 2.45) is 0 Å². The smallest absolute Gasteiger partial charge is 0.147 e. The van der Waals surface area contributed by atoms with Crippen molar-refractivity contribution in [3.05, 3.63) is 47.0 Å². The number of hydrogen-bond acceptors (Lipinski definition) is 2. The predicted octanol–water partition coefficient (Wildman–Crippen LogP) is 2.91. The first kappa shape index (κ1) is 13.0. The van der Waals surface area contributed by atoms with E-state index in [4.69, 9.17) is 11.6 Å². The number of aromatic nitrogens is 3. The van der Waals surface area contributed by atoms with Crippen molar-refractivity contribution < 1.29 is 8.78 Å². The van der Waals surface area contributed by atoms with Crippen LogP contribution < -0.4 is 0 Å². The lowest BCUT2D eigenvalue weighted by molar-refractivity contribution is 0.571. The van der Waals surface area contributed by atoms with Crippen LogP contribution in [0.1, 0.15) is 24.1 Å². The average Bonchev–Trinajstić information content (AvgIpc) is 2.74. The van der Waals surface area contributed by atoms with Gasteiger partial charge in [-0.15, -0.1) is 21.8 Å². The van der Waals surface area contributed by atoms with E-state index in [9.17, 15) is 8.78 Å². The molecule has 0 amide bonds. The first-order valence-electron chi connectivity index (χ1n) is 5.56. The van der Waals surface area contributed by atoms with E-state index in [2.05, 4.69) is 10.2 Å². The number of benzene rings is 1. The minimum absolute atomic E-state index is 0.257. The van der Waals surface area contributed by atoms with Crippen LogP contribution in [0.25, 0.3) is 0 Å². The van der Waals surface area contributed by atoms with Gasteiger partial charge in [0, 0.05) is 19.0 Å². The van der Waals surface area contributed by atoms with Gasteiger partial charge in [-0.3, -0.25) is 0 Å². The molecule has 0 spiro atoms.